The van der Waals surface area contributed by atoms with Crippen LogP contribution in [0, 0.1) is 20.2 Å². The molecule has 0 unspecified atom stereocenters. The second-order valence-corrected chi connectivity index (χ2v) is 7.98. The Labute approximate surface area is 154 Å². The Bertz CT molecular complexity index is 943. The molecule has 3 aromatic rings. The number of benzene rings is 2. The quantitative estimate of drug-likeness (QED) is 0.332. The molecule has 1 heterocycles. The Hall–Kier alpha value is -2.90. The van der Waals surface area contributed by atoms with Crippen LogP contribution in [0.5, 0.6) is 0 Å². The van der Waals surface area contributed by atoms with E-state index in [1.165, 1.54) is 17.7 Å². The number of rotatable bonds is 7. The predicted molar refractivity (Wildman–Crippen MR) is 95.4 cm³/mol. The first kappa shape index (κ1) is 17.9. The van der Waals surface area contributed by atoms with Gasteiger partial charge in [0.25, 0.3) is 0 Å². The third-order valence-electron chi connectivity index (χ3n) is 3.80. The fourth-order valence-corrected chi connectivity index (χ4v) is 4.32. The Kier molecular flexibility index (Phi) is 5.50. The summed E-state index contributed by atoms with van der Waals surface area (Å²) in [6.07, 6.45) is 1.97. The molecule has 8 nitrogen and oxygen atoms in total. The molecule has 0 aliphatic rings. The zero-order valence-corrected chi connectivity index (χ0v) is 15.3. The predicted octanol–water partition coefficient (Wildman–Crippen LogP) is 2.73. The molecular weight excluding hydrogens is 403 g/mol. The van der Waals surface area contributed by atoms with Gasteiger partial charge in [-0.05, 0) is 0 Å². The molecule has 0 bridgehead atoms. The number of hydrogen-bond acceptors (Lipinski definition) is 6. The normalized spacial score (nSPS) is 10.6. The average molecular weight is 417 g/mol. The fourth-order valence-electron chi connectivity index (χ4n) is 2.50. The van der Waals surface area contributed by atoms with Crippen LogP contribution in [-0.4, -0.2) is 34.5 Å². The van der Waals surface area contributed by atoms with E-state index >= 15 is 0 Å². The van der Waals surface area contributed by atoms with Crippen molar-refractivity contribution in [2.45, 2.75) is 19.3 Å². The van der Waals surface area contributed by atoms with E-state index in [9.17, 15) is 20.2 Å². The van der Waals surface area contributed by atoms with Crippen LogP contribution in [-0.2, 0) is 19.3 Å². The van der Waals surface area contributed by atoms with Crippen molar-refractivity contribution in [3.05, 3.63) is 89.0 Å². The summed E-state index contributed by atoms with van der Waals surface area (Å²) in [7, 11) is 0. The summed E-state index contributed by atoms with van der Waals surface area (Å²) in [5.74, 6) is 0. The Morgan fingerprint density at radius 1 is 0.885 bits per heavy atom. The van der Waals surface area contributed by atoms with Crippen LogP contribution in [0.25, 0.3) is 0 Å². The summed E-state index contributed by atoms with van der Waals surface area (Å²) in [6, 6.07) is 13.8. The van der Waals surface area contributed by atoms with Gasteiger partial charge in [-0.1, -0.05) is 0 Å². The second kappa shape index (κ2) is 7.99. The molecule has 3 rings (SSSR count). The SMILES string of the molecule is O=[N+]([O-])c1ccc(Cc2nnc(CCc3ccccc3)[se]2)c([N+](=O)[O-])c1. The van der Waals surface area contributed by atoms with Crippen molar-refractivity contribution < 1.29 is 9.85 Å². The number of nitrogens with zero attached hydrogens (tertiary/aromatic N) is 4. The first-order valence-corrected chi connectivity index (χ1v) is 9.51. The second-order valence-electron chi connectivity index (χ2n) is 5.58. The van der Waals surface area contributed by atoms with E-state index in [4.69, 9.17) is 0 Å². The molecule has 26 heavy (non-hydrogen) atoms. The molecule has 9 heteroatoms. The monoisotopic (exact) mass is 418 g/mol. The minimum absolute atomic E-state index is 0.0512. The molecule has 0 N–H and O–H groups in total. The van der Waals surface area contributed by atoms with Crippen molar-refractivity contribution in [1.29, 1.82) is 0 Å². The van der Waals surface area contributed by atoms with Crippen LogP contribution in [0.15, 0.2) is 48.5 Å². The van der Waals surface area contributed by atoms with Gasteiger partial charge in [0, 0.05) is 0 Å². The van der Waals surface area contributed by atoms with Crippen molar-refractivity contribution in [2.24, 2.45) is 0 Å². The first-order chi connectivity index (χ1) is 12.5. The van der Waals surface area contributed by atoms with Gasteiger partial charge in [-0.15, -0.1) is 0 Å². The molecule has 2 aromatic carbocycles. The summed E-state index contributed by atoms with van der Waals surface area (Å²) in [5.41, 5.74) is 1.10. The van der Waals surface area contributed by atoms with E-state index in [2.05, 4.69) is 22.3 Å². The van der Waals surface area contributed by atoms with Crippen molar-refractivity contribution >= 4 is 25.9 Å². The zero-order chi connectivity index (χ0) is 18.5. The zero-order valence-electron chi connectivity index (χ0n) is 13.6. The van der Waals surface area contributed by atoms with Gasteiger partial charge in [0.15, 0.2) is 0 Å². The van der Waals surface area contributed by atoms with Gasteiger partial charge in [0.1, 0.15) is 0 Å². The number of aromatic nitrogens is 2. The third kappa shape index (κ3) is 4.38. The van der Waals surface area contributed by atoms with Crippen LogP contribution in [0.4, 0.5) is 11.4 Å². The van der Waals surface area contributed by atoms with Crippen LogP contribution < -0.4 is 0 Å². The van der Waals surface area contributed by atoms with Gasteiger partial charge in [-0.3, -0.25) is 0 Å². The standard InChI is InChI=1S/C17H14N4O4Se/c22-20(23)14-8-7-13(15(11-14)21(24)25)10-17-19-18-16(26-17)9-6-12-4-2-1-3-5-12/h1-5,7-8,11H,6,9-10H2. The maximum absolute atomic E-state index is 11.2. The van der Waals surface area contributed by atoms with Crippen LogP contribution in [0.1, 0.15) is 20.3 Å². The molecule has 0 saturated heterocycles. The van der Waals surface area contributed by atoms with E-state index in [1.807, 2.05) is 18.2 Å². The van der Waals surface area contributed by atoms with E-state index in [0.717, 1.165) is 28.0 Å². The van der Waals surface area contributed by atoms with Crippen LogP contribution in [0.2, 0.25) is 0 Å². The first-order valence-electron chi connectivity index (χ1n) is 7.80. The summed E-state index contributed by atoms with van der Waals surface area (Å²) >= 11 is -0.0512. The fraction of sp³-hybridized carbons (Fsp3) is 0.176. The number of non-ortho nitro benzene ring substituents is 1. The molecule has 0 amide bonds. The van der Waals surface area contributed by atoms with Crippen LogP contribution >= 0.6 is 0 Å². The molecule has 0 aliphatic carbocycles. The molecular formula is C17H14N4O4Se. The van der Waals surface area contributed by atoms with Gasteiger partial charge in [0.05, 0.1) is 0 Å². The van der Waals surface area contributed by atoms with E-state index in [-0.39, 0.29) is 32.3 Å². The summed E-state index contributed by atoms with van der Waals surface area (Å²) in [4.78, 5) is 20.8. The van der Waals surface area contributed by atoms with E-state index in [0.29, 0.717) is 5.56 Å². The number of nitro groups is 2. The topological polar surface area (TPSA) is 112 Å². The van der Waals surface area contributed by atoms with Crippen molar-refractivity contribution in [2.75, 3.05) is 0 Å². The number of nitro benzene ring substituents is 2. The third-order valence-corrected chi connectivity index (χ3v) is 5.86. The van der Waals surface area contributed by atoms with Crippen molar-refractivity contribution in [3.8, 4) is 0 Å². The molecule has 0 saturated carbocycles. The Balaban J connectivity index is 1.72. The van der Waals surface area contributed by atoms with E-state index < -0.39 is 9.85 Å². The molecule has 0 atom stereocenters. The summed E-state index contributed by atoms with van der Waals surface area (Å²) in [6.45, 7) is 0. The Morgan fingerprint density at radius 2 is 1.62 bits per heavy atom. The number of aryl methyl sites for hydroxylation is 2. The molecule has 132 valence electrons. The summed E-state index contributed by atoms with van der Waals surface area (Å²) in [5, 5.41) is 30.4. The van der Waals surface area contributed by atoms with E-state index in [1.54, 1.807) is 0 Å². The van der Waals surface area contributed by atoms with Gasteiger partial charge >= 0.3 is 154 Å². The maximum atomic E-state index is 11.2. The molecule has 0 radical (unpaired) electrons. The van der Waals surface area contributed by atoms with Crippen LogP contribution in [0.3, 0.4) is 0 Å². The van der Waals surface area contributed by atoms with Gasteiger partial charge in [-0.25, -0.2) is 0 Å². The van der Waals surface area contributed by atoms with Gasteiger partial charge in [-0.2, -0.15) is 0 Å². The Morgan fingerprint density at radius 3 is 2.31 bits per heavy atom. The van der Waals surface area contributed by atoms with Crippen molar-refractivity contribution in [3.63, 3.8) is 0 Å². The van der Waals surface area contributed by atoms with Gasteiger partial charge in [0.2, 0.25) is 0 Å². The summed E-state index contributed by atoms with van der Waals surface area (Å²) < 4.78 is 1.79. The number of hydrogen-bond donors (Lipinski definition) is 0. The van der Waals surface area contributed by atoms with Gasteiger partial charge < -0.3 is 0 Å². The molecule has 0 spiro atoms. The average Bonchev–Trinajstić information content (AvgIpc) is 3.08. The minimum atomic E-state index is -0.640. The molecule has 0 aliphatic heterocycles. The van der Waals surface area contributed by atoms with Crippen molar-refractivity contribution in [1.82, 2.24) is 10.2 Å². The molecule has 0 fully saturated rings. The molecule has 1 aromatic heterocycles.